The molecule has 0 unspecified atom stereocenters. The van der Waals surface area contributed by atoms with Gasteiger partial charge in [0.1, 0.15) is 0 Å². The lowest BCUT2D eigenvalue weighted by Crippen LogP contribution is -2.33. The average molecular weight is 272 g/mol. The maximum atomic E-state index is 5.55. The van der Waals surface area contributed by atoms with Gasteiger partial charge in [-0.05, 0) is 17.7 Å². The summed E-state index contributed by atoms with van der Waals surface area (Å²) in [5, 5.41) is 0. The molecule has 15 heavy (non-hydrogen) atoms. The standard InChI is InChI=1S/C11H18BrN3/c12-11-3-1-10(2-4-11)9-15(7-5-13)8-6-14/h1-4H,5-9,13-14H2. The fraction of sp³-hybridized carbons (Fsp3) is 0.455. The largest absolute Gasteiger partial charge is 0.329 e. The number of nitrogens with zero attached hydrogens (tertiary/aromatic N) is 1. The quantitative estimate of drug-likeness (QED) is 0.817. The van der Waals surface area contributed by atoms with Crippen molar-refractivity contribution in [1.29, 1.82) is 0 Å². The van der Waals surface area contributed by atoms with Crippen LogP contribution in [0.5, 0.6) is 0 Å². The van der Waals surface area contributed by atoms with E-state index in [0.717, 1.165) is 24.1 Å². The summed E-state index contributed by atoms with van der Waals surface area (Å²) in [6, 6.07) is 8.34. The van der Waals surface area contributed by atoms with E-state index in [4.69, 9.17) is 11.5 Å². The van der Waals surface area contributed by atoms with Crippen molar-refractivity contribution in [3.8, 4) is 0 Å². The monoisotopic (exact) mass is 271 g/mol. The van der Waals surface area contributed by atoms with Crippen molar-refractivity contribution in [2.75, 3.05) is 26.2 Å². The van der Waals surface area contributed by atoms with Crippen LogP contribution in [0.25, 0.3) is 0 Å². The van der Waals surface area contributed by atoms with Crippen LogP contribution in [0.1, 0.15) is 5.56 Å². The van der Waals surface area contributed by atoms with E-state index in [9.17, 15) is 0 Å². The predicted octanol–water partition coefficient (Wildman–Crippen LogP) is 1.17. The molecule has 0 bridgehead atoms. The molecule has 0 amide bonds. The molecule has 0 saturated heterocycles. The van der Waals surface area contributed by atoms with Gasteiger partial charge in [0, 0.05) is 37.2 Å². The van der Waals surface area contributed by atoms with E-state index in [1.807, 2.05) is 0 Å². The summed E-state index contributed by atoms with van der Waals surface area (Å²) in [4.78, 5) is 2.27. The number of benzene rings is 1. The van der Waals surface area contributed by atoms with Gasteiger partial charge in [0.15, 0.2) is 0 Å². The van der Waals surface area contributed by atoms with Crippen LogP contribution in [0.4, 0.5) is 0 Å². The fourth-order valence-electron chi connectivity index (χ4n) is 1.48. The third kappa shape index (κ3) is 4.75. The highest BCUT2D eigenvalue weighted by Crippen LogP contribution is 2.11. The van der Waals surface area contributed by atoms with E-state index in [1.54, 1.807) is 0 Å². The molecule has 1 rings (SSSR count). The molecule has 1 aromatic rings. The highest BCUT2D eigenvalue weighted by molar-refractivity contribution is 9.10. The van der Waals surface area contributed by atoms with Crippen molar-refractivity contribution in [1.82, 2.24) is 4.90 Å². The molecule has 0 heterocycles. The summed E-state index contributed by atoms with van der Waals surface area (Å²) in [6.07, 6.45) is 0. The molecule has 0 aliphatic carbocycles. The summed E-state index contributed by atoms with van der Waals surface area (Å²) in [5.41, 5.74) is 12.4. The highest BCUT2D eigenvalue weighted by atomic mass is 79.9. The first kappa shape index (κ1) is 12.6. The molecule has 0 spiro atoms. The molecule has 84 valence electrons. The van der Waals surface area contributed by atoms with Crippen LogP contribution in [-0.2, 0) is 6.54 Å². The first-order chi connectivity index (χ1) is 7.26. The summed E-state index contributed by atoms with van der Waals surface area (Å²) in [5.74, 6) is 0. The fourth-order valence-corrected chi connectivity index (χ4v) is 1.75. The van der Waals surface area contributed by atoms with E-state index in [-0.39, 0.29) is 0 Å². The molecule has 0 saturated carbocycles. The first-order valence-electron chi connectivity index (χ1n) is 5.13. The molecule has 0 aromatic heterocycles. The predicted molar refractivity (Wildman–Crippen MR) is 67.5 cm³/mol. The third-order valence-electron chi connectivity index (χ3n) is 2.21. The van der Waals surface area contributed by atoms with Gasteiger partial charge < -0.3 is 11.5 Å². The van der Waals surface area contributed by atoms with Crippen LogP contribution in [0.2, 0.25) is 0 Å². The number of halogens is 1. The Hall–Kier alpha value is -0.420. The van der Waals surface area contributed by atoms with E-state index in [2.05, 4.69) is 45.1 Å². The maximum Gasteiger partial charge on any atom is 0.0234 e. The zero-order valence-corrected chi connectivity index (χ0v) is 10.4. The second kappa shape index (κ2) is 6.95. The summed E-state index contributed by atoms with van der Waals surface area (Å²) in [6.45, 7) is 4.06. The molecule has 0 aliphatic heterocycles. The van der Waals surface area contributed by atoms with Crippen molar-refractivity contribution >= 4 is 15.9 Å². The number of hydrogen-bond donors (Lipinski definition) is 2. The van der Waals surface area contributed by atoms with Crippen LogP contribution >= 0.6 is 15.9 Å². The number of rotatable bonds is 6. The van der Waals surface area contributed by atoms with E-state index in [1.165, 1.54) is 5.56 Å². The maximum absolute atomic E-state index is 5.55. The van der Waals surface area contributed by atoms with Crippen LogP contribution in [0.15, 0.2) is 28.7 Å². The van der Waals surface area contributed by atoms with Gasteiger partial charge in [-0.1, -0.05) is 28.1 Å². The molecule has 0 radical (unpaired) electrons. The van der Waals surface area contributed by atoms with Gasteiger partial charge >= 0.3 is 0 Å². The molecule has 4 heteroatoms. The average Bonchev–Trinajstić information content (AvgIpc) is 2.22. The Morgan fingerprint density at radius 3 is 2.00 bits per heavy atom. The minimum atomic E-state index is 0.677. The van der Waals surface area contributed by atoms with Crippen molar-refractivity contribution in [3.63, 3.8) is 0 Å². The van der Waals surface area contributed by atoms with Gasteiger partial charge in [0.2, 0.25) is 0 Å². The first-order valence-corrected chi connectivity index (χ1v) is 5.92. The van der Waals surface area contributed by atoms with Crippen LogP contribution < -0.4 is 11.5 Å². The summed E-state index contributed by atoms with van der Waals surface area (Å²) in [7, 11) is 0. The lowest BCUT2D eigenvalue weighted by atomic mass is 10.2. The van der Waals surface area contributed by atoms with Crippen molar-refractivity contribution in [2.24, 2.45) is 11.5 Å². The minimum absolute atomic E-state index is 0.677. The highest BCUT2D eigenvalue weighted by Gasteiger charge is 2.03. The molecule has 4 N–H and O–H groups in total. The Balaban J connectivity index is 2.53. The molecule has 0 aliphatic rings. The molecular weight excluding hydrogens is 254 g/mol. The second-order valence-corrected chi connectivity index (χ2v) is 4.40. The van der Waals surface area contributed by atoms with Crippen LogP contribution in [0.3, 0.4) is 0 Å². The van der Waals surface area contributed by atoms with Gasteiger partial charge in [0.05, 0.1) is 0 Å². The molecule has 3 nitrogen and oxygen atoms in total. The Morgan fingerprint density at radius 2 is 1.53 bits per heavy atom. The Kier molecular flexibility index (Phi) is 5.86. The molecular formula is C11H18BrN3. The van der Waals surface area contributed by atoms with Crippen LogP contribution in [-0.4, -0.2) is 31.1 Å². The Labute approximate surface area is 99.6 Å². The topological polar surface area (TPSA) is 55.3 Å². The van der Waals surface area contributed by atoms with Gasteiger partial charge in [0.25, 0.3) is 0 Å². The number of nitrogens with two attached hydrogens (primary N) is 2. The van der Waals surface area contributed by atoms with Gasteiger partial charge in [-0.2, -0.15) is 0 Å². The van der Waals surface area contributed by atoms with Gasteiger partial charge in [-0.3, -0.25) is 4.90 Å². The lowest BCUT2D eigenvalue weighted by Gasteiger charge is -2.20. The Bertz CT molecular complexity index is 268. The SMILES string of the molecule is NCCN(CCN)Cc1ccc(Br)cc1. The second-order valence-electron chi connectivity index (χ2n) is 3.48. The molecule has 0 fully saturated rings. The third-order valence-corrected chi connectivity index (χ3v) is 2.74. The van der Waals surface area contributed by atoms with Crippen molar-refractivity contribution in [2.45, 2.75) is 6.54 Å². The number of hydrogen-bond acceptors (Lipinski definition) is 3. The minimum Gasteiger partial charge on any atom is -0.329 e. The zero-order valence-electron chi connectivity index (χ0n) is 8.82. The van der Waals surface area contributed by atoms with Crippen LogP contribution in [0, 0.1) is 0 Å². The van der Waals surface area contributed by atoms with Gasteiger partial charge in [-0.15, -0.1) is 0 Å². The molecule has 0 atom stereocenters. The normalized spacial score (nSPS) is 10.9. The Morgan fingerprint density at radius 1 is 1.00 bits per heavy atom. The summed E-state index contributed by atoms with van der Waals surface area (Å²) >= 11 is 3.42. The lowest BCUT2D eigenvalue weighted by molar-refractivity contribution is 0.281. The smallest absolute Gasteiger partial charge is 0.0234 e. The van der Waals surface area contributed by atoms with Crippen molar-refractivity contribution < 1.29 is 0 Å². The van der Waals surface area contributed by atoms with E-state index >= 15 is 0 Å². The van der Waals surface area contributed by atoms with Crippen molar-refractivity contribution in [3.05, 3.63) is 34.3 Å². The molecule has 1 aromatic carbocycles. The van der Waals surface area contributed by atoms with E-state index in [0.29, 0.717) is 13.1 Å². The van der Waals surface area contributed by atoms with Gasteiger partial charge in [-0.25, -0.2) is 0 Å². The van der Waals surface area contributed by atoms with E-state index < -0.39 is 0 Å². The summed E-state index contributed by atoms with van der Waals surface area (Å²) < 4.78 is 1.11. The zero-order chi connectivity index (χ0) is 11.1.